The number of fused-ring (bicyclic) bond motifs is 1. The normalized spacial score (nSPS) is 12.8. The second-order valence-corrected chi connectivity index (χ2v) is 5.05. The van der Waals surface area contributed by atoms with Gasteiger partial charge in [0.05, 0.1) is 5.56 Å². The lowest BCUT2D eigenvalue weighted by molar-refractivity contribution is -0.121. The molecule has 0 aromatic heterocycles. The van der Waals surface area contributed by atoms with Crippen molar-refractivity contribution in [1.82, 2.24) is 0 Å². The number of phenols is 1. The van der Waals surface area contributed by atoms with Crippen molar-refractivity contribution in [3.63, 3.8) is 0 Å². The number of nitrogens with zero attached hydrogens (tertiary/aromatic N) is 1. The molecule has 0 saturated heterocycles. The second kappa shape index (κ2) is 5.89. The van der Waals surface area contributed by atoms with E-state index in [1.807, 2.05) is 24.3 Å². The molecule has 0 bridgehead atoms. The van der Waals surface area contributed by atoms with Crippen molar-refractivity contribution in [2.45, 2.75) is 6.42 Å². The number of rotatable bonds is 3. The van der Waals surface area contributed by atoms with Crippen LogP contribution in [0, 0.1) is 0 Å². The molecule has 2 aromatic rings. The van der Waals surface area contributed by atoms with Crippen LogP contribution in [0.2, 0.25) is 0 Å². The van der Waals surface area contributed by atoms with Crippen LogP contribution >= 0.6 is 0 Å². The fourth-order valence-electron chi connectivity index (χ4n) is 2.52. The van der Waals surface area contributed by atoms with Gasteiger partial charge < -0.3 is 14.7 Å². The summed E-state index contributed by atoms with van der Waals surface area (Å²) in [5.41, 5.74) is 2.21. The summed E-state index contributed by atoms with van der Waals surface area (Å²) < 4.78 is 5.03. The molecule has 1 amide bonds. The average Bonchev–Trinajstić information content (AvgIpc) is 2.96. The van der Waals surface area contributed by atoms with Crippen molar-refractivity contribution < 1.29 is 19.4 Å². The Morgan fingerprint density at radius 1 is 1.14 bits per heavy atom. The van der Waals surface area contributed by atoms with E-state index in [2.05, 4.69) is 0 Å². The van der Waals surface area contributed by atoms with Crippen molar-refractivity contribution in [2.24, 2.45) is 0 Å². The fraction of sp³-hybridized carbons (Fsp3) is 0.176. The van der Waals surface area contributed by atoms with Crippen LogP contribution in [0.25, 0.3) is 0 Å². The van der Waals surface area contributed by atoms with Crippen LogP contribution in [0.4, 0.5) is 5.69 Å². The molecule has 3 rings (SSSR count). The average molecular weight is 297 g/mol. The molecule has 22 heavy (non-hydrogen) atoms. The molecular formula is C17H15NO4. The summed E-state index contributed by atoms with van der Waals surface area (Å²) in [6, 6.07) is 13.5. The third-order valence-electron chi connectivity index (χ3n) is 3.60. The Labute approximate surface area is 127 Å². The Bertz CT molecular complexity index is 726. The highest BCUT2D eigenvalue weighted by Crippen LogP contribution is 2.27. The van der Waals surface area contributed by atoms with E-state index in [1.165, 1.54) is 18.2 Å². The van der Waals surface area contributed by atoms with Gasteiger partial charge in [-0.3, -0.25) is 4.79 Å². The molecule has 0 unspecified atom stereocenters. The molecule has 1 aliphatic rings. The first-order valence-corrected chi connectivity index (χ1v) is 6.99. The van der Waals surface area contributed by atoms with Gasteiger partial charge >= 0.3 is 5.97 Å². The number of carbonyl (C=O) groups excluding carboxylic acids is 2. The quantitative estimate of drug-likeness (QED) is 0.881. The lowest BCUT2D eigenvalue weighted by Gasteiger charge is -2.17. The van der Waals surface area contributed by atoms with Crippen molar-refractivity contribution in [2.75, 3.05) is 18.1 Å². The van der Waals surface area contributed by atoms with Crippen LogP contribution in [0.3, 0.4) is 0 Å². The van der Waals surface area contributed by atoms with Crippen molar-refractivity contribution >= 4 is 17.6 Å². The summed E-state index contributed by atoms with van der Waals surface area (Å²) in [5.74, 6) is -0.899. The van der Waals surface area contributed by atoms with Gasteiger partial charge in [0.25, 0.3) is 5.91 Å². The number of esters is 1. The van der Waals surface area contributed by atoms with E-state index in [1.54, 1.807) is 11.0 Å². The third-order valence-corrected chi connectivity index (χ3v) is 3.60. The Morgan fingerprint density at radius 2 is 1.95 bits per heavy atom. The molecule has 0 aliphatic carbocycles. The van der Waals surface area contributed by atoms with E-state index in [-0.39, 0.29) is 23.8 Å². The monoisotopic (exact) mass is 297 g/mol. The van der Waals surface area contributed by atoms with E-state index in [0.717, 1.165) is 17.7 Å². The molecule has 0 atom stereocenters. The molecule has 1 N–H and O–H groups in total. The smallest absolute Gasteiger partial charge is 0.338 e. The topological polar surface area (TPSA) is 66.8 Å². The van der Waals surface area contributed by atoms with Gasteiger partial charge in [0.2, 0.25) is 0 Å². The first-order valence-electron chi connectivity index (χ1n) is 6.99. The van der Waals surface area contributed by atoms with Crippen LogP contribution < -0.4 is 4.90 Å². The Morgan fingerprint density at radius 3 is 2.77 bits per heavy atom. The fourth-order valence-corrected chi connectivity index (χ4v) is 2.52. The number of aromatic hydroxyl groups is 1. The maximum Gasteiger partial charge on any atom is 0.338 e. The summed E-state index contributed by atoms with van der Waals surface area (Å²) >= 11 is 0. The van der Waals surface area contributed by atoms with E-state index in [0.29, 0.717) is 6.54 Å². The summed E-state index contributed by atoms with van der Waals surface area (Å²) in [6.45, 7) is 0.282. The Hall–Kier alpha value is -2.82. The summed E-state index contributed by atoms with van der Waals surface area (Å²) in [5, 5.41) is 9.34. The van der Waals surface area contributed by atoms with Gasteiger partial charge in [-0.2, -0.15) is 0 Å². The second-order valence-electron chi connectivity index (χ2n) is 5.05. The molecule has 5 heteroatoms. The van der Waals surface area contributed by atoms with E-state index in [9.17, 15) is 14.7 Å². The third kappa shape index (κ3) is 2.79. The Kier molecular flexibility index (Phi) is 3.78. The zero-order chi connectivity index (χ0) is 15.5. The van der Waals surface area contributed by atoms with Gasteiger partial charge in [0, 0.05) is 12.2 Å². The Balaban J connectivity index is 1.63. The van der Waals surface area contributed by atoms with Crippen LogP contribution in [-0.4, -0.2) is 30.1 Å². The highest BCUT2D eigenvalue weighted by molar-refractivity contribution is 5.98. The molecule has 0 saturated carbocycles. The van der Waals surface area contributed by atoms with Gasteiger partial charge in [-0.05, 0) is 36.2 Å². The molecule has 5 nitrogen and oxygen atoms in total. The van der Waals surface area contributed by atoms with Crippen LogP contribution in [0.5, 0.6) is 5.75 Å². The molecule has 0 spiro atoms. The number of amides is 1. The van der Waals surface area contributed by atoms with Crippen LogP contribution in [0.1, 0.15) is 15.9 Å². The van der Waals surface area contributed by atoms with Crippen molar-refractivity contribution in [3.05, 3.63) is 59.7 Å². The lowest BCUT2D eigenvalue weighted by atomic mass is 10.2. The minimum Gasteiger partial charge on any atom is -0.508 e. The SMILES string of the molecule is O=C(OCC(=O)N1CCc2ccccc21)c1cccc(O)c1. The minimum absolute atomic E-state index is 0.0192. The number of hydrogen-bond acceptors (Lipinski definition) is 4. The first kappa shape index (κ1) is 14.1. The number of ether oxygens (including phenoxy) is 1. The predicted molar refractivity (Wildman–Crippen MR) is 80.9 cm³/mol. The van der Waals surface area contributed by atoms with Crippen LogP contribution in [0.15, 0.2) is 48.5 Å². The molecule has 2 aromatic carbocycles. The number of benzene rings is 2. The standard InChI is InChI=1S/C17H15NO4/c19-14-6-3-5-13(10-14)17(21)22-11-16(20)18-9-8-12-4-1-2-7-15(12)18/h1-7,10,19H,8-9,11H2. The predicted octanol–water partition coefficient (Wildman–Crippen LogP) is 2.14. The zero-order valence-electron chi connectivity index (χ0n) is 11.9. The van der Waals surface area contributed by atoms with E-state index < -0.39 is 5.97 Å². The number of hydrogen-bond donors (Lipinski definition) is 1. The number of phenolic OH excluding ortho intramolecular Hbond substituents is 1. The molecule has 1 aliphatic heterocycles. The largest absolute Gasteiger partial charge is 0.508 e. The van der Waals surface area contributed by atoms with Gasteiger partial charge in [-0.25, -0.2) is 4.79 Å². The number of carbonyl (C=O) groups is 2. The van der Waals surface area contributed by atoms with Gasteiger partial charge in [0.15, 0.2) is 6.61 Å². The summed E-state index contributed by atoms with van der Waals surface area (Å²) in [6.07, 6.45) is 0.808. The van der Waals surface area contributed by atoms with Crippen molar-refractivity contribution in [1.29, 1.82) is 0 Å². The van der Waals surface area contributed by atoms with Gasteiger partial charge in [0.1, 0.15) is 5.75 Å². The van der Waals surface area contributed by atoms with Crippen molar-refractivity contribution in [3.8, 4) is 5.75 Å². The van der Waals surface area contributed by atoms with Crippen LogP contribution in [-0.2, 0) is 16.0 Å². The van der Waals surface area contributed by atoms with Gasteiger partial charge in [-0.15, -0.1) is 0 Å². The molecule has 0 fully saturated rings. The highest BCUT2D eigenvalue weighted by Gasteiger charge is 2.25. The highest BCUT2D eigenvalue weighted by atomic mass is 16.5. The molecule has 1 heterocycles. The van der Waals surface area contributed by atoms with E-state index in [4.69, 9.17) is 4.74 Å². The molecule has 0 radical (unpaired) electrons. The minimum atomic E-state index is -0.628. The first-order chi connectivity index (χ1) is 10.6. The lowest BCUT2D eigenvalue weighted by Crippen LogP contribution is -2.33. The number of para-hydroxylation sites is 1. The maximum atomic E-state index is 12.2. The summed E-state index contributed by atoms with van der Waals surface area (Å²) in [7, 11) is 0. The molecular weight excluding hydrogens is 282 g/mol. The maximum absolute atomic E-state index is 12.2. The molecule has 112 valence electrons. The van der Waals surface area contributed by atoms with Gasteiger partial charge in [-0.1, -0.05) is 24.3 Å². The van der Waals surface area contributed by atoms with E-state index >= 15 is 0 Å². The summed E-state index contributed by atoms with van der Waals surface area (Å²) in [4.78, 5) is 25.7. The number of anilines is 1. The zero-order valence-corrected chi connectivity index (χ0v) is 11.9.